The average molecular weight is 411 g/mol. The van der Waals surface area contributed by atoms with E-state index in [1.54, 1.807) is 0 Å². The monoisotopic (exact) mass is 410 g/mol. The molecule has 0 N–H and O–H groups in total. The van der Waals surface area contributed by atoms with Gasteiger partial charge < -0.3 is 14.0 Å². The van der Waals surface area contributed by atoms with Gasteiger partial charge in [0.15, 0.2) is 0 Å². The molecule has 0 aromatic rings. The molecule has 3 heteroatoms. The molecule has 0 rings (SSSR count). The van der Waals surface area contributed by atoms with Gasteiger partial charge >= 0.3 is 0 Å². The summed E-state index contributed by atoms with van der Waals surface area (Å²) in [7, 11) is 6.66. The molecular formula is C26H52NO2+. The standard InChI is InChI=1S/C26H52NO2/c1-6-8-10-12-14-16-18-20-22-28-25-26(24-27(3,4)5)29-23-21-19-17-15-13-11-9-7-2/h14-17,26H,6-13,18-25H2,1-5H3/q+1/b16-14-,17-15-/t26-/m0/s1. The summed E-state index contributed by atoms with van der Waals surface area (Å²) >= 11 is 0. The van der Waals surface area contributed by atoms with Crippen molar-refractivity contribution in [2.75, 3.05) is 47.5 Å². The second kappa shape index (κ2) is 20.6. The van der Waals surface area contributed by atoms with E-state index in [2.05, 4.69) is 59.3 Å². The molecule has 0 unspecified atom stereocenters. The van der Waals surface area contributed by atoms with Crippen LogP contribution in [0.25, 0.3) is 0 Å². The molecule has 0 heterocycles. The number of hydrogen-bond acceptors (Lipinski definition) is 2. The first kappa shape index (κ1) is 28.4. The zero-order valence-electron chi connectivity index (χ0n) is 20.5. The Labute approximate surface area is 183 Å². The van der Waals surface area contributed by atoms with Crippen LogP contribution in [0.1, 0.15) is 90.9 Å². The SMILES string of the molecule is CCCCC/C=C\CCCOC[C@H](C[N+](C)(C)C)OCCC/C=C\CCCCC. The van der Waals surface area contributed by atoms with Gasteiger partial charge in [0.05, 0.1) is 27.7 Å². The number of nitrogens with zero attached hydrogens (tertiary/aromatic N) is 1. The Morgan fingerprint density at radius 2 is 1.14 bits per heavy atom. The highest BCUT2D eigenvalue weighted by molar-refractivity contribution is 4.82. The largest absolute Gasteiger partial charge is 0.379 e. The van der Waals surface area contributed by atoms with E-state index in [4.69, 9.17) is 9.47 Å². The maximum absolute atomic E-state index is 6.16. The van der Waals surface area contributed by atoms with Crippen LogP contribution in [0.4, 0.5) is 0 Å². The first-order valence-electron chi connectivity index (χ1n) is 12.3. The van der Waals surface area contributed by atoms with Gasteiger partial charge in [0.1, 0.15) is 12.6 Å². The van der Waals surface area contributed by atoms with Crippen molar-refractivity contribution in [2.45, 2.75) is 97.0 Å². The highest BCUT2D eigenvalue weighted by Crippen LogP contribution is 2.06. The molecule has 0 radical (unpaired) electrons. The fourth-order valence-corrected chi connectivity index (χ4v) is 3.23. The highest BCUT2D eigenvalue weighted by Gasteiger charge is 2.18. The first-order valence-corrected chi connectivity index (χ1v) is 12.3. The minimum atomic E-state index is 0.188. The smallest absolute Gasteiger partial charge is 0.130 e. The van der Waals surface area contributed by atoms with Crippen molar-refractivity contribution >= 4 is 0 Å². The Hall–Kier alpha value is -0.640. The van der Waals surface area contributed by atoms with Gasteiger partial charge in [0, 0.05) is 13.2 Å². The summed E-state index contributed by atoms with van der Waals surface area (Å²) in [6.07, 6.45) is 24.3. The molecular weight excluding hydrogens is 358 g/mol. The number of quaternary nitrogens is 1. The number of rotatable bonds is 21. The quantitative estimate of drug-likeness (QED) is 0.116. The van der Waals surface area contributed by atoms with Crippen molar-refractivity contribution in [1.82, 2.24) is 0 Å². The normalized spacial score (nSPS) is 13.7. The Kier molecular flexibility index (Phi) is 20.2. The van der Waals surface area contributed by atoms with Crippen molar-refractivity contribution in [2.24, 2.45) is 0 Å². The summed E-state index contributed by atoms with van der Waals surface area (Å²) in [5, 5.41) is 0. The van der Waals surface area contributed by atoms with Gasteiger partial charge in [-0.25, -0.2) is 0 Å². The zero-order valence-corrected chi connectivity index (χ0v) is 20.5. The van der Waals surface area contributed by atoms with Gasteiger partial charge in [-0.1, -0.05) is 63.8 Å². The first-order chi connectivity index (χ1) is 14.0. The molecule has 0 aromatic carbocycles. The molecule has 0 aliphatic carbocycles. The molecule has 29 heavy (non-hydrogen) atoms. The molecule has 0 fully saturated rings. The molecule has 1 atom stereocenters. The number of ether oxygens (including phenoxy) is 2. The third-order valence-corrected chi connectivity index (χ3v) is 4.87. The molecule has 0 spiro atoms. The lowest BCUT2D eigenvalue weighted by atomic mass is 10.2. The van der Waals surface area contributed by atoms with E-state index in [9.17, 15) is 0 Å². The average Bonchev–Trinajstić information content (AvgIpc) is 2.66. The van der Waals surface area contributed by atoms with Crippen LogP contribution in [-0.4, -0.2) is 58.1 Å². The van der Waals surface area contributed by atoms with Crippen molar-refractivity contribution < 1.29 is 14.0 Å². The van der Waals surface area contributed by atoms with Crippen molar-refractivity contribution in [3.63, 3.8) is 0 Å². The maximum atomic E-state index is 6.16. The Morgan fingerprint density at radius 3 is 1.62 bits per heavy atom. The van der Waals surface area contributed by atoms with Gasteiger partial charge in [-0.05, 0) is 51.4 Å². The summed E-state index contributed by atoms with van der Waals surface area (Å²) in [6.45, 7) is 7.87. The molecule has 0 saturated carbocycles. The van der Waals surface area contributed by atoms with E-state index < -0.39 is 0 Å². The van der Waals surface area contributed by atoms with E-state index in [0.29, 0.717) is 6.61 Å². The van der Waals surface area contributed by atoms with Crippen LogP contribution in [-0.2, 0) is 9.47 Å². The predicted molar refractivity (Wildman–Crippen MR) is 128 cm³/mol. The van der Waals surface area contributed by atoms with E-state index in [0.717, 1.165) is 49.9 Å². The van der Waals surface area contributed by atoms with Crippen molar-refractivity contribution in [3.05, 3.63) is 24.3 Å². The van der Waals surface area contributed by atoms with Gasteiger partial charge in [0.25, 0.3) is 0 Å². The van der Waals surface area contributed by atoms with Gasteiger partial charge in [-0.2, -0.15) is 0 Å². The van der Waals surface area contributed by atoms with Crippen LogP contribution >= 0.6 is 0 Å². The number of allylic oxidation sites excluding steroid dienone is 4. The van der Waals surface area contributed by atoms with E-state index in [1.165, 1.54) is 51.4 Å². The predicted octanol–water partition coefficient (Wildman–Crippen LogP) is 6.93. The minimum Gasteiger partial charge on any atom is -0.379 e. The lowest BCUT2D eigenvalue weighted by molar-refractivity contribution is -0.873. The van der Waals surface area contributed by atoms with E-state index in [-0.39, 0.29) is 6.10 Å². The molecule has 0 aromatic heterocycles. The van der Waals surface area contributed by atoms with E-state index in [1.807, 2.05) is 0 Å². The van der Waals surface area contributed by atoms with Crippen LogP contribution in [0.3, 0.4) is 0 Å². The Balaban J connectivity index is 3.85. The molecule has 3 nitrogen and oxygen atoms in total. The van der Waals surface area contributed by atoms with Crippen molar-refractivity contribution in [3.8, 4) is 0 Å². The minimum absolute atomic E-state index is 0.188. The van der Waals surface area contributed by atoms with Gasteiger partial charge in [0.2, 0.25) is 0 Å². The summed E-state index contributed by atoms with van der Waals surface area (Å²) in [6, 6.07) is 0. The summed E-state index contributed by atoms with van der Waals surface area (Å²) < 4.78 is 13.0. The van der Waals surface area contributed by atoms with Gasteiger partial charge in [-0.15, -0.1) is 0 Å². The fraction of sp³-hybridized carbons (Fsp3) is 0.846. The third-order valence-electron chi connectivity index (χ3n) is 4.87. The molecule has 0 amide bonds. The van der Waals surface area contributed by atoms with Crippen LogP contribution in [0, 0.1) is 0 Å². The number of likely N-dealkylation sites (N-methyl/N-ethyl adjacent to an activating group) is 1. The van der Waals surface area contributed by atoms with Crippen LogP contribution in [0.2, 0.25) is 0 Å². The number of hydrogen-bond donors (Lipinski definition) is 0. The second-order valence-corrected chi connectivity index (χ2v) is 9.26. The van der Waals surface area contributed by atoms with Gasteiger partial charge in [-0.3, -0.25) is 0 Å². The molecule has 172 valence electrons. The summed E-state index contributed by atoms with van der Waals surface area (Å²) in [5.74, 6) is 0. The number of unbranched alkanes of at least 4 members (excludes halogenated alkanes) is 8. The van der Waals surface area contributed by atoms with Crippen LogP contribution in [0.5, 0.6) is 0 Å². The van der Waals surface area contributed by atoms with E-state index >= 15 is 0 Å². The summed E-state index contributed by atoms with van der Waals surface area (Å²) in [5.41, 5.74) is 0. The van der Waals surface area contributed by atoms with Crippen LogP contribution < -0.4 is 0 Å². The Morgan fingerprint density at radius 1 is 0.655 bits per heavy atom. The van der Waals surface area contributed by atoms with Crippen molar-refractivity contribution in [1.29, 1.82) is 0 Å². The topological polar surface area (TPSA) is 18.5 Å². The fourth-order valence-electron chi connectivity index (χ4n) is 3.23. The molecule has 0 aliphatic heterocycles. The highest BCUT2D eigenvalue weighted by atomic mass is 16.5. The molecule has 0 bridgehead atoms. The Bertz CT molecular complexity index is 385. The maximum Gasteiger partial charge on any atom is 0.130 e. The third kappa shape index (κ3) is 23.5. The van der Waals surface area contributed by atoms with Crippen LogP contribution in [0.15, 0.2) is 24.3 Å². The second-order valence-electron chi connectivity index (χ2n) is 9.26. The lowest BCUT2D eigenvalue weighted by Gasteiger charge is -2.29. The summed E-state index contributed by atoms with van der Waals surface area (Å²) in [4.78, 5) is 0. The lowest BCUT2D eigenvalue weighted by Crippen LogP contribution is -2.44. The molecule has 0 saturated heterocycles. The molecule has 0 aliphatic rings. The zero-order chi connectivity index (χ0) is 21.6.